The molecule has 1 heterocycles. The maximum absolute atomic E-state index is 8.34. The van der Waals surface area contributed by atoms with Crippen LogP contribution in [-0.2, 0) is 6.54 Å². The molecule has 0 bridgehead atoms. The first-order valence-electron chi connectivity index (χ1n) is 3.85. The minimum atomic E-state index is -0.0108. The summed E-state index contributed by atoms with van der Waals surface area (Å²) in [6.07, 6.45) is 0. The Morgan fingerprint density at radius 1 is 1.69 bits per heavy atom. The molecule has 0 spiro atoms. The number of guanidine groups is 1. The zero-order valence-electron chi connectivity index (χ0n) is 7.36. The molecular weight excluding hydrogens is 168 g/mol. The molecule has 1 aromatic rings. The average molecular weight is 180 g/mol. The minimum Gasteiger partial charge on any atom is -0.368 e. The Bertz CT molecular complexity index is 311. The van der Waals surface area contributed by atoms with E-state index < -0.39 is 0 Å². The lowest BCUT2D eigenvalue weighted by atomic mass is 10.3. The molecule has 0 saturated heterocycles. The number of hydrogen-bond donors (Lipinski definition) is 3. The Balaban J connectivity index is 2.64. The highest BCUT2D eigenvalue weighted by Gasteiger charge is 1.93. The first kappa shape index (κ1) is 9.47. The number of nitrogens with one attached hydrogen (secondary N) is 1. The Morgan fingerprint density at radius 2 is 2.46 bits per heavy atom. The van der Waals surface area contributed by atoms with Crippen molar-refractivity contribution in [1.82, 2.24) is 10.5 Å². The average Bonchev–Trinajstić information content (AvgIpc) is 2.14. The highest BCUT2D eigenvalue weighted by Crippen LogP contribution is 1.98. The van der Waals surface area contributed by atoms with E-state index in [2.05, 4.69) is 9.98 Å². The predicted octanol–water partition coefficient (Wildman–Crippen LogP) is 0.184. The first-order valence-corrected chi connectivity index (χ1v) is 3.85. The number of hydroxylamine groups is 1. The number of aromatic nitrogens is 1. The second kappa shape index (κ2) is 4.42. The van der Waals surface area contributed by atoms with Gasteiger partial charge in [-0.1, -0.05) is 6.07 Å². The van der Waals surface area contributed by atoms with Crippen LogP contribution in [0, 0.1) is 6.92 Å². The maximum atomic E-state index is 8.34. The SMILES string of the molecule is Cc1cccc(CN=C(N)NO)n1. The van der Waals surface area contributed by atoms with Crippen LogP contribution in [0.3, 0.4) is 0 Å². The largest absolute Gasteiger partial charge is 0.368 e. The van der Waals surface area contributed by atoms with E-state index in [1.54, 1.807) is 5.48 Å². The molecule has 0 aliphatic heterocycles. The van der Waals surface area contributed by atoms with Crippen LogP contribution in [0.25, 0.3) is 0 Å². The van der Waals surface area contributed by atoms with Gasteiger partial charge in [-0.15, -0.1) is 0 Å². The molecule has 0 amide bonds. The van der Waals surface area contributed by atoms with Gasteiger partial charge in [0.1, 0.15) is 0 Å². The van der Waals surface area contributed by atoms with Gasteiger partial charge in [-0.2, -0.15) is 0 Å². The fourth-order valence-corrected chi connectivity index (χ4v) is 0.889. The van der Waals surface area contributed by atoms with Crippen molar-refractivity contribution in [1.29, 1.82) is 0 Å². The number of pyridine rings is 1. The van der Waals surface area contributed by atoms with Crippen molar-refractivity contribution in [2.24, 2.45) is 10.7 Å². The van der Waals surface area contributed by atoms with Crippen LogP contribution in [0.15, 0.2) is 23.2 Å². The summed E-state index contributed by atoms with van der Waals surface area (Å²) >= 11 is 0. The summed E-state index contributed by atoms with van der Waals surface area (Å²) in [5.74, 6) is -0.0108. The second-order valence-corrected chi connectivity index (χ2v) is 2.58. The third-order valence-electron chi connectivity index (χ3n) is 1.47. The lowest BCUT2D eigenvalue weighted by Gasteiger charge is -1.99. The van der Waals surface area contributed by atoms with E-state index in [1.807, 2.05) is 25.1 Å². The molecule has 0 unspecified atom stereocenters. The number of aryl methyl sites for hydroxylation is 1. The smallest absolute Gasteiger partial charge is 0.213 e. The molecule has 5 nitrogen and oxygen atoms in total. The normalized spacial score (nSPS) is 11.4. The predicted molar refractivity (Wildman–Crippen MR) is 49.2 cm³/mol. The molecule has 0 aliphatic carbocycles. The zero-order valence-corrected chi connectivity index (χ0v) is 7.36. The van der Waals surface area contributed by atoms with E-state index in [9.17, 15) is 0 Å². The molecular formula is C8H12N4O. The van der Waals surface area contributed by atoms with E-state index in [0.717, 1.165) is 11.4 Å². The lowest BCUT2D eigenvalue weighted by molar-refractivity contribution is 0.232. The van der Waals surface area contributed by atoms with Crippen LogP contribution < -0.4 is 11.2 Å². The maximum Gasteiger partial charge on any atom is 0.213 e. The quantitative estimate of drug-likeness (QED) is 0.344. The number of nitrogens with zero attached hydrogens (tertiary/aromatic N) is 2. The monoisotopic (exact) mass is 180 g/mol. The summed E-state index contributed by atoms with van der Waals surface area (Å²) in [7, 11) is 0. The Morgan fingerprint density at radius 3 is 3.08 bits per heavy atom. The van der Waals surface area contributed by atoms with Crippen molar-refractivity contribution in [3.63, 3.8) is 0 Å². The van der Waals surface area contributed by atoms with E-state index in [0.29, 0.717) is 6.54 Å². The van der Waals surface area contributed by atoms with E-state index in [-0.39, 0.29) is 5.96 Å². The number of aliphatic imine (C=N–C) groups is 1. The standard InChI is InChI=1S/C8H12N4O/c1-6-3-2-4-7(11-6)5-10-8(9)12-13/h2-4,13H,5H2,1H3,(H3,9,10,12). The molecule has 70 valence electrons. The van der Waals surface area contributed by atoms with Crippen LogP contribution >= 0.6 is 0 Å². The summed E-state index contributed by atoms with van der Waals surface area (Å²) in [5, 5.41) is 8.34. The molecule has 1 rings (SSSR count). The number of hydrogen-bond acceptors (Lipinski definition) is 3. The summed E-state index contributed by atoms with van der Waals surface area (Å²) < 4.78 is 0. The van der Waals surface area contributed by atoms with E-state index in [4.69, 9.17) is 10.9 Å². The van der Waals surface area contributed by atoms with Crippen molar-refractivity contribution >= 4 is 5.96 Å². The van der Waals surface area contributed by atoms with Gasteiger partial charge >= 0.3 is 0 Å². The van der Waals surface area contributed by atoms with Gasteiger partial charge in [0.05, 0.1) is 12.2 Å². The van der Waals surface area contributed by atoms with Gasteiger partial charge in [-0.3, -0.25) is 10.2 Å². The molecule has 0 saturated carbocycles. The lowest BCUT2D eigenvalue weighted by Crippen LogP contribution is -2.28. The second-order valence-electron chi connectivity index (χ2n) is 2.58. The van der Waals surface area contributed by atoms with Gasteiger partial charge in [0.2, 0.25) is 5.96 Å². The summed E-state index contributed by atoms with van der Waals surface area (Å²) in [6.45, 7) is 2.27. The fourth-order valence-electron chi connectivity index (χ4n) is 0.889. The van der Waals surface area contributed by atoms with Gasteiger partial charge in [-0.05, 0) is 19.1 Å². The van der Waals surface area contributed by atoms with Gasteiger partial charge in [0.15, 0.2) is 0 Å². The molecule has 0 radical (unpaired) electrons. The Hall–Kier alpha value is -1.62. The third-order valence-corrected chi connectivity index (χ3v) is 1.47. The van der Waals surface area contributed by atoms with Gasteiger partial charge in [0, 0.05) is 5.69 Å². The molecule has 5 heteroatoms. The van der Waals surface area contributed by atoms with Crippen molar-refractivity contribution in [2.75, 3.05) is 0 Å². The van der Waals surface area contributed by atoms with Crippen molar-refractivity contribution in [3.8, 4) is 0 Å². The van der Waals surface area contributed by atoms with Gasteiger partial charge in [-0.25, -0.2) is 10.5 Å². The van der Waals surface area contributed by atoms with E-state index in [1.165, 1.54) is 0 Å². The molecule has 4 N–H and O–H groups in total. The fraction of sp³-hybridized carbons (Fsp3) is 0.250. The van der Waals surface area contributed by atoms with Crippen LogP contribution in [0.4, 0.5) is 0 Å². The van der Waals surface area contributed by atoms with Crippen LogP contribution in [0.2, 0.25) is 0 Å². The number of nitrogens with two attached hydrogens (primary N) is 1. The summed E-state index contributed by atoms with van der Waals surface area (Å²) in [5.41, 5.74) is 8.72. The van der Waals surface area contributed by atoms with Gasteiger partial charge in [0.25, 0.3) is 0 Å². The highest BCUT2D eigenvalue weighted by molar-refractivity contribution is 5.76. The van der Waals surface area contributed by atoms with Crippen LogP contribution in [-0.4, -0.2) is 16.2 Å². The molecule has 0 fully saturated rings. The van der Waals surface area contributed by atoms with Crippen molar-refractivity contribution in [3.05, 3.63) is 29.6 Å². The third kappa shape index (κ3) is 3.08. The zero-order chi connectivity index (χ0) is 9.68. The van der Waals surface area contributed by atoms with Gasteiger partial charge < -0.3 is 5.73 Å². The molecule has 0 aromatic carbocycles. The number of rotatable bonds is 2. The molecule has 0 atom stereocenters. The highest BCUT2D eigenvalue weighted by atomic mass is 16.5. The summed E-state index contributed by atoms with van der Waals surface area (Å²) in [6, 6.07) is 5.65. The van der Waals surface area contributed by atoms with Crippen molar-refractivity contribution in [2.45, 2.75) is 13.5 Å². The molecule has 13 heavy (non-hydrogen) atoms. The topological polar surface area (TPSA) is 83.5 Å². The summed E-state index contributed by atoms with van der Waals surface area (Å²) in [4.78, 5) is 8.03. The first-order chi connectivity index (χ1) is 6.22. The Labute approximate surface area is 76.3 Å². The van der Waals surface area contributed by atoms with Crippen LogP contribution in [0.1, 0.15) is 11.4 Å². The van der Waals surface area contributed by atoms with E-state index >= 15 is 0 Å². The Kier molecular flexibility index (Phi) is 3.22. The molecule has 1 aromatic heterocycles. The minimum absolute atomic E-state index is 0.0108. The van der Waals surface area contributed by atoms with Crippen LogP contribution in [0.5, 0.6) is 0 Å². The molecule has 0 aliphatic rings. The van der Waals surface area contributed by atoms with Crippen molar-refractivity contribution < 1.29 is 5.21 Å².